The van der Waals surface area contributed by atoms with Crippen LogP contribution < -0.4 is 0 Å². The standard InChI is InChI=1S/C12H23NO3/c1-4-6-10(11(14)16-5-2)13-8-7-12(3,15)9-13/h10,15H,4-9H2,1-3H3. The van der Waals surface area contributed by atoms with Crippen molar-refractivity contribution < 1.29 is 14.6 Å². The predicted octanol–water partition coefficient (Wildman–Crippen LogP) is 1.17. The van der Waals surface area contributed by atoms with E-state index >= 15 is 0 Å². The van der Waals surface area contributed by atoms with Crippen LogP contribution in [0.3, 0.4) is 0 Å². The van der Waals surface area contributed by atoms with Crippen molar-refractivity contribution in [3.63, 3.8) is 0 Å². The van der Waals surface area contributed by atoms with Crippen molar-refractivity contribution in [2.24, 2.45) is 0 Å². The van der Waals surface area contributed by atoms with E-state index in [0.717, 1.165) is 25.8 Å². The minimum atomic E-state index is -0.654. The van der Waals surface area contributed by atoms with Crippen LogP contribution in [0.5, 0.6) is 0 Å². The molecule has 1 N–H and O–H groups in total. The van der Waals surface area contributed by atoms with Gasteiger partial charge in [0.05, 0.1) is 12.2 Å². The number of esters is 1. The number of hydrogen-bond donors (Lipinski definition) is 1. The summed E-state index contributed by atoms with van der Waals surface area (Å²) in [5.74, 6) is -0.151. The fourth-order valence-corrected chi connectivity index (χ4v) is 2.21. The van der Waals surface area contributed by atoms with Gasteiger partial charge in [0.15, 0.2) is 0 Å². The number of hydrogen-bond acceptors (Lipinski definition) is 4. The molecule has 0 spiro atoms. The lowest BCUT2D eigenvalue weighted by Gasteiger charge is -2.26. The molecule has 0 bridgehead atoms. The highest BCUT2D eigenvalue weighted by Gasteiger charge is 2.37. The molecule has 0 aromatic heterocycles. The summed E-state index contributed by atoms with van der Waals surface area (Å²) in [6, 6.07) is -0.182. The molecule has 4 nitrogen and oxygen atoms in total. The van der Waals surface area contributed by atoms with E-state index < -0.39 is 5.60 Å². The first-order chi connectivity index (χ1) is 7.50. The zero-order valence-corrected chi connectivity index (χ0v) is 10.5. The number of ether oxygens (including phenoxy) is 1. The Hall–Kier alpha value is -0.610. The first-order valence-corrected chi connectivity index (χ1v) is 6.13. The summed E-state index contributed by atoms with van der Waals surface area (Å²) in [6.45, 7) is 7.46. The Bertz CT molecular complexity index is 240. The smallest absolute Gasteiger partial charge is 0.323 e. The van der Waals surface area contributed by atoms with Gasteiger partial charge >= 0.3 is 5.97 Å². The maximum Gasteiger partial charge on any atom is 0.323 e. The lowest BCUT2D eigenvalue weighted by molar-refractivity contribution is -0.149. The lowest BCUT2D eigenvalue weighted by atomic mass is 10.1. The van der Waals surface area contributed by atoms with Gasteiger partial charge < -0.3 is 9.84 Å². The van der Waals surface area contributed by atoms with E-state index in [9.17, 15) is 9.90 Å². The highest BCUT2D eigenvalue weighted by molar-refractivity contribution is 5.75. The van der Waals surface area contributed by atoms with Gasteiger partial charge in [0.1, 0.15) is 6.04 Å². The van der Waals surface area contributed by atoms with Crippen molar-refractivity contribution in [2.45, 2.75) is 51.7 Å². The van der Waals surface area contributed by atoms with Crippen molar-refractivity contribution in [2.75, 3.05) is 19.7 Å². The first-order valence-electron chi connectivity index (χ1n) is 6.13. The average molecular weight is 229 g/mol. The van der Waals surface area contributed by atoms with E-state index in [1.165, 1.54) is 0 Å². The molecule has 0 saturated carbocycles. The van der Waals surface area contributed by atoms with Crippen molar-refractivity contribution in [3.8, 4) is 0 Å². The Kier molecular flexibility index (Phi) is 4.74. The minimum Gasteiger partial charge on any atom is -0.465 e. The topological polar surface area (TPSA) is 49.8 Å². The Morgan fingerprint density at radius 1 is 1.56 bits per heavy atom. The molecule has 1 saturated heterocycles. The number of β-amino-alcohol motifs (C(OH)–C–C–N with tert-alkyl or cyclic N) is 1. The molecule has 0 aromatic carbocycles. The van der Waals surface area contributed by atoms with Gasteiger partial charge in [0.2, 0.25) is 0 Å². The Balaban J connectivity index is 2.60. The van der Waals surface area contributed by atoms with Crippen LogP contribution in [-0.2, 0) is 9.53 Å². The van der Waals surface area contributed by atoms with Gasteiger partial charge in [-0.3, -0.25) is 9.69 Å². The van der Waals surface area contributed by atoms with Gasteiger partial charge in [-0.25, -0.2) is 0 Å². The van der Waals surface area contributed by atoms with Crippen LogP contribution in [0.2, 0.25) is 0 Å². The molecule has 2 unspecified atom stereocenters. The Labute approximate surface area is 97.6 Å². The molecule has 4 heteroatoms. The van der Waals surface area contributed by atoms with Crippen molar-refractivity contribution in [1.82, 2.24) is 4.90 Å². The number of carbonyl (C=O) groups is 1. The third-order valence-electron chi connectivity index (χ3n) is 3.04. The SMILES string of the molecule is CCCC(C(=O)OCC)N1CCC(C)(O)C1. The number of rotatable bonds is 5. The normalized spacial score (nSPS) is 28.0. The summed E-state index contributed by atoms with van der Waals surface area (Å²) in [4.78, 5) is 13.8. The third-order valence-corrected chi connectivity index (χ3v) is 3.04. The molecule has 1 rings (SSSR count). The van der Waals surface area contributed by atoms with Gasteiger partial charge in [-0.15, -0.1) is 0 Å². The second-order valence-electron chi connectivity index (χ2n) is 4.77. The van der Waals surface area contributed by atoms with E-state index in [1.807, 2.05) is 18.7 Å². The van der Waals surface area contributed by atoms with Crippen molar-refractivity contribution in [1.29, 1.82) is 0 Å². The molecule has 16 heavy (non-hydrogen) atoms. The van der Waals surface area contributed by atoms with E-state index in [2.05, 4.69) is 6.92 Å². The first kappa shape index (κ1) is 13.5. The highest BCUT2D eigenvalue weighted by atomic mass is 16.5. The third kappa shape index (κ3) is 3.46. The molecule has 0 aromatic rings. The zero-order valence-electron chi connectivity index (χ0n) is 10.5. The number of likely N-dealkylation sites (tertiary alicyclic amines) is 1. The Morgan fingerprint density at radius 2 is 2.25 bits per heavy atom. The summed E-state index contributed by atoms with van der Waals surface area (Å²) >= 11 is 0. The van der Waals surface area contributed by atoms with Crippen LogP contribution in [0.15, 0.2) is 0 Å². The molecule has 94 valence electrons. The molecule has 1 aliphatic rings. The monoisotopic (exact) mass is 229 g/mol. The summed E-state index contributed by atoms with van der Waals surface area (Å²) < 4.78 is 5.07. The maximum atomic E-state index is 11.8. The van der Waals surface area contributed by atoms with Crippen LogP contribution >= 0.6 is 0 Å². The fourth-order valence-electron chi connectivity index (χ4n) is 2.21. The number of carbonyl (C=O) groups excluding carboxylic acids is 1. The van der Waals surface area contributed by atoms with Crippen LogP contribution in [0, 0.1) is 0 Å². The second kappa shape index (κ2) is 5.64. The molecular formula is C12H23NO3. The molecule has 0 aliphatic carbocycles. The van der Waals surface area contributed by atoms with E-state index in [-0.39, 0.29) is 12.0 Å². The highest BCUT2D eigenvalue weighted by Crippen LogP contribution is 2.24. The number of aliphatic hydroxyl groups is 1. The van der Waals surface area contributed by atoms with Gasteiger partial charge in [-0.2, -0.15) is 0 Å². The summed E-state index contributed by atoms with van der Waals surface area (Å²) in [7, 11) is 0. The molecule has 1 fully saturated rings. The van der Waals surface area contributed by atoms with Gasteiger partial charge in [-0.1, -0.05) is 13.3 Å². The van der Waals surface area contributed by atoms with E-state index in [4.69, 9.17) is 4.74 Å². The molecule has 0 radical (unpaired) electrons. The quantitative estimate of drug-likeness (QED) is 0.719. The zero-order chi connectivity index (χ0) is 12.2. The average Bonchev–Trinajstić information content (AvgIpc) is 2.55. The van der Waals surface area contributed by atoms with Crippen LogP contribution in [0.4, 0.5) is 0 Å². The maximum absolute atomic E-state index is 11.8. The number of nitrogens with zero attached hydrogens (tertiary/aromatic N) is 1. The van der Waals surface area contributed by atoms with Crippen molar-refractivity contribution >= 4 is 5.97 Å². The van der Waals surface area contributed by atoms with Gasteiger partial charge in [0.25, 0.3) is 0 Å². The van der Waals surface area contributed by atoms with Crippen LogP contribution in [0.25, 0.3) is 0 Å². The molecule has 2 atom stereocenters. The van der Waals surface area contributed by atoms with E-state index in [0.29, 0.717) is 13.2 Å². The largest absolute Gasteiger partial charge is 0.465 e. The fraction of sp³-hybridized carbons (Fsp3) is 0.917. The van der Waals surface area contributed by atoms with Crippen LogP contribution in [0.1, 0.15) is 40.0 Å². The van der Waals surface area contributed by atoms with Crippen LogP contribution in [-0.4, -0.2) is 47.3 Å². The summed E-state index contributed by atoms with van der Waals surface area (Å²) in [6.07, 6.45) is 2.48. The molecule has 0 amide bonds. The molecule has 1 heterocycles. The second-order valence-corrected chi connectivity index (χ2v) is 4.77. The molecular weight excluding hydrogens is 206 g/mol. The van der Waals surface area contributed by atoms with Gasteiger partial charge in [-0.05, 0) is 26.7 Å². The van der Waals surface area contributed by atoms with Gasteiger partial charge in [0, 0.05) is 13.1 Å². The minimum absolute atomic E-state index is 0.151. The summed E-state index contributed by atoms with van der Waals surface area (Å²) in [5, 5.41) is 9.90. The van der Waals surface area contributed by atoms with E-state index in [1.54, 1.807) is 0 Å². The summed E-state index contributed by atoms with van der Waals surface area (Å²) in [5.41, 5.74) is -0.654. The van der Waals surface area contributed by atoms with Crippen molar-refractivity contribution in [3.05, 3.63) is 0 Å². The molecule has 1 aliphatic heterocycles. The lowest BCUT2D eigenvalue weighted by Crippen LogP contribution is -2.42. The predicted molar refractivity (Wildman–Crippen MR) is 62.1 cm³/mol. The Morgan fingerprint density at radius 3 is 2.69 bits per heavy atom.